The Kier molecular flexibility index (Phi) is 4.38. The van der Waals surface area contributed by atoms with Gasteiger partial charge in [0.05, 0.1) is 0 Å². The van der Waals surface area contributed by atoms with E-state index in [0.717, 1.165) is 27.8 Å². The number of rotatable bonds is 2. The minimum atomic E-state index is 0.314. The second-order valence-electron chi connectivity index (χ2n) is 6.45. The largest absolute Gasteiger partial charge is 0.307 e. The Morgan fingerprint density at radius 2 is 1.86 bits per heavy atom. The van der Waals surface area contributed by atoms with Gasteiger partial charge in [0.2, 0.25) is 0 Å². The van der Waals surface area contributed by atoms with Crippen molar-refractivity contribution in [2.24, 2.45) is 0 Å². The molecule has 0 fully saturated rings. The molecule has 0 atom stereocenters. The molecular weight excluding hydrogens is 368 g/mol. The van der Waals surface area contributed by atoms with Gasteiger partial charge in [0.1, 0.15) is 34.0 Å². The van der Waals surface area contributed by atoms with Crippen molar-refractivity contribution in [2.75, 3.05) is 4.90 Å². The summed E-state index contributed by atoms with van der Waals surface area (Å²) >= 11 is 1.46. The van der Waals surface area contributed by atoms with Crippen LogP contribution < -0.4 is 4.90 Å². The van der Waals surface area contributed by atoms with E-state index in [2.05, 4.69) is 22.2 Å². The molecule has 1 aliphatic rings. The maximum absolute atomic E-state index is 10.0. The standard InChI is InChI=1S/C21H16N6S/c1-13-9-14(2)27-20(24-13)17(10-22)19(25-27)18(11-23)21-26(15(3)12-28-21)16-7-5-4-6-8-16/h4-9,12H,1-3H3/b21-18-. The quantitative estimate of drug-likeness (QED) is 0.604. The van der Waals surface area contributed by atoms with Crippen molar-refractivity contribution >= 4 is 28.7 Å². The van der Waals surface area contributed by atoms with Crippen molar-refractivity contribution < 1.29 is 0 Å². The van der Waals surface area contributed by atoms with Gasteiger partial charge in [-0.05, 0) is 44.4 Å². The van der Waals surface area contributed by atoms with Gasteiger partial charge in [-0.2, -0.15) is 15.6 Å². The number of benzene rings is 1. The number of fused-ring (bicyclic) bond motifs is 1. The summed E-state index contributed by atoms with van der Waals surface area (Å²) in [5.74, 6) is 0. The lowest BCUT2D eigenvalue weighted by molar-refractivity contribution is 0.880. The number of nitriles is 2. The summed E-state index contributed by atoms with van der Waals surface area (Å²) in [6, 6.07) is 16.2. The first-order valence-corrected chi connectivity index (χ1v) is 9.53. The van der Waals surface area contributed by atoms with Crippen LogP contribution in [0.25, 0.3) is 11.2 Å². The van der Waals surface area contributed by atoms with Crippen LogP contribution in [-0.2, 0) is 0 Å². The summed E-state index contributed by atoms with van der Waals surface area (Å²) in [7, 11) is 0. The first kappa shape index (κ1) is 17.8. The van der Waals surface area contributed by atoms with Gasteiger partial charge < -0.3 is 4.90 Å². The lowest BCUT2D eigenvalue weighted by Crippen LogP contribution is -2.16. The van der Waals surface area contributed by atoms with E-state index in [1.807, 2.05) is 67.5 Å². The van der Waals surface area contributed by atoms with Gasteiger partial charge in [-0.25, -0.2) is 9.50 Å². The zero-order chi connectivity index (χ0) is 19.8. The maximum Gasteiger partial charge on any atom is 0.174 e. The molecule has 3 aromatic rings. The van der Waals surface area contributed by atoms with E-state index in [1.54, 1.807) is 4.52 Å². The Hall–Kier alpha value is -3.55. The first-order valence-electron chi connectivity index (χ1n) is 8.65. The first-order chi connectivity index (χ1) is 13.5. The van der Waals surface area contributed by atoms with E-state index in [0.29, 0.717) is 22.5 Å². The highest BCUT2D eigenvalue weighted by atomic mass is 32.2. The van der Waals surface area contributed by atoms with Crippen LogP contribution in [0, 0.1) is 36.5 Å². The van der Waals surface area contributed by atoms with Crippen LogP contribution in [0.15, 0.2) is 52.5 Å². The number of anilines is 1. The Morgan fingerprint density at radius 1 is 1.11 bits per heavy atom. The van der Waals surface area contributed by atoms with Gasteiger partial charge >= 0.3 is 0 Å². The number of aryl methyl sites for hydroxylation is 2. The molecule has 3 heterocycles. The Bertz CT molecular complexity index is 1240. The molecule has 0 spiro atoms. The highest BCUT2D eigenvalue weighted by molar-refractivity contribution is 8.06. The van der Waals surface area contributed by atoms with Crippen LogP contribution in [0.4, 0.5) is 5.69 Å². The minimum absolute atomic E-state index is 0.314. The fraction of sp³-hybridized carbons (Fsp3) is 0.143. The van der Waals surface area contributed by atoms with Crippen LogP contribution in [0.5, 0.6) is 0 Å². The van der Waals surface area contributed by atoms with E-state index in [1.165, 1.54) is 11.8 Å². The van der Waals surface area contributed by atoms with Crippen molar-refractivity contribution in [3.8, 4) is 12.1 Å². The van der Waals surface area contributed by atoms with Crippen LogP contribution >= 0.6 is 11.8 Å². The maximum atomic E-state index is 10.0. The Labute approximate surface area is 167 Å². The van der Waals surface area contributed by atoms with Gasteiger partial charge in [-0.15, -0.1) is 0 Å². The third-order valence-corrected chi connectivity index (χ3v) is 5.55. The van der Waals surface area contributed by atoms with E-state index >= 15 is 0 Å². The molecule has 0 aliphatic carbocycles. The normalized spacial score (nSPS) is 15.3. The smallest absolute Gasteiger partial charge is 0.174 e. The topological polar surface area (TPSA) is 81.0 Å². The summed E-state index contributed by atoms with van der Waals surface area (Å²) < 4.78 is 1.63. The molecule has 4 rings (SSSR count). The Balaban J connectivity index is 1.99. The molecular formula is C21H16N6S. The number of hydrogen-bond donors (Lipinski definition) is 0. The summed E-state index contributed by atoms with van der Waals surface area (Å²) in [4.78, 5) is 6.49. The lowest BCUT2D eigenvalue weighted by Gasteiger charge is -2.22. The van der Waals surface area contributed by atoms with Crippen molar-refractivity contribution in [3.63, 3.8) is 0 Å². The van der Waals surface area contributed by atoms with Crippen LogP contribution in [0.2, 0.25) is 0 Å². The van der Waals surface area contributed by atoms with Crippen molar-refractivity contribution in [1.29, 1.82) is 10.5 Å². The highest BCUT2D eigenvalue weighted by Gasteiger charge is 2.28. The highest BCUT2D eigenvalue weighted by Crippen LogP contribution is 2.42. The monoisotopic (exact) mass is 384 g/mol. The molecule has 6 nitrogen and oxygen atoms in total. The number of nitrogens with zero attached hydrogens (tertiary/aromatic N) is 6. The van der Waals surface area contributed by atoms with Crippen molar-refractivity contribution in [3.05, 3.63) is 75.2 Å². The fourth-order valence-electron chi connectivity index (χ4n) is 3.28. The molecule has 0 amide bonds. The zero-order valence-electron chi connectivity index (χ0n) is 15.6. The molecule has 1 aromatic carbocycles. The number of para-hydroxylation sites is 1. The lowest BCUT2D eigenvalue weighted by atomic mass is 10.1. The summed E-state index contributed by atoms with van der Waals surface area (Å²) in [6.45, 7) is 5.78. The molecule has 0 bridgehead atoms. The predicted octanol–water partition coefficient (Wildman–Crippen LogP) is 4.52. The van der Waals surface area contributed by atoms with Gasteiger partial charge in [-0.1, -0.05) is 30.0 Å². The third-order valence-electron chi connectivity index (χ3n) is 4.48. The molecule has 0 unspecified atom stereocenters. The SMILES string of the molecule is CC1=CS/C(=C(/C#N)c2nn3c(C)cc(C)nc3c2C#N)N1c1ccccc1. The van der Waals surface area contributed by atoms with Crippen LogP contribution in [0.1, 0.15) is 29.6 Å². The van der Waals surface area contributed by atoms with E-state index < -0.39 is 0 Å². The number of aromatic nitrogens is 3. The summed E-state index contributed by atoms with van der Waals surface area (Å²) in [6.07, 6.45) is 0. The molecule has 0 radical (unpaired) electrons. The molecule has 0 saturated carbocycles. The van der Waals surface area contributed by atoms with Crippen LogP contribution in [-0.4, -0.2) is 14.6 Å². The molecule has 0 N–H and O–H groups in total. The van der Waals surface area contributed by atoms with Crippen molar-refractivity contribution in [2.45, 2.75) is 20.8 Å². The van der Waals surface area contributed by atoms with Gasteiger partial charge in [0, 0.05) is 22.8 Å². The molecule has 28 heavy (non-hydrogen) atoms. The molecule has 2 aromatic heterocycles. The summed E-state index contributed by atoms with van der Waals surface area (Å²) in [5.41, 5.74) is 5.14. The fourth-order valence-corrected chi connectivity index (χ4v) is 4.28. The Morgan fingerprint density at radius 3 is 2.54 bits per heavy atom. The third kappa shape index (κ3) is 2.74. The molecule has 136 valence electrons. The van der Waals surface area contributed by atoms with Gasteiger partial charge in [0.15, 0.2) is 5.65 Å². The van der Waals surface area contributed by atoms with E-state index in [4.69, 9.17) is 0 Å². The minimum Gasteiger partial charge on any atom is -0.307 e. The predicted molar refractivity (Wildman–Crippen MR) is 110 cm³/mol. The summed E-state index contributed by atoms with van der Waals surface area (Å²) in [5, 5.41) is 27.1. The molecule has 1 aliphatic heterocycles. The van der Waals surface area contributed by atoms with E-state index in [9.17, 15) is 10.5 Å². The second kappa shape index (κ2) is 6.88. The average Bonchev–Trinajstić information content (AvgIpc) is 3.24. The zero-order valence-corrected chi connectivity index (χ0v) is 16.4. The molecule has 0 saturated heterocycles. The number of thioether (sulfide) groups is 1. The second-order valence-corrected chi connectivity index (χ2v) is 7.31. The van der Waals surface area contributed by atoms with Crippen molar-refractivity contribution in [1.82, 2.24) is 14.6 Å². The van der Waals surface area contributed by atoms with Gasteiger partial charge in [0.25, 0.3) is 0 Å². The molecule has 7 heteroatoms. The van der Waals surface area contributed by atoms with Gasteiger partial charge in [-0.3, -0.25) is 0 Å². The van der Waals surface area contributed by atoms with Crippen LogP contribution in [0.3, 0.4) is 0 Å². The van der Waals surface area contributed by atoms with E-state index in [-0.39, 0.29) is 0 Å². The number of hydrogen-bond acceptors (Lipinski definition) is 6. The number of allylic oxidation sites excluding steroid dienone is 2. The average molecular weight is 384 g/mol.